The van der Waals surface area contributed by atoms with Gasteiger partial charge in [-0.1, -0.05) is 67.2 Å². The monoisotopic (exact) mass is 835 g/mol. The fourth-order valence-electron chi connectivity index (χ4n) is 18.9. The Labute approximate surface area is 368 Å². The number of aliphatic hydroxyl groups is 4. The summed E-state index contributed by atoms with van der Waals surface area (Å²) in [6, 6.07) is 0.496. The van der Waals surface area contributed by atoms with Crippen LogP contribution in [0, 0.1) is 92.7 Å². The molecule has 344 valence electrons. The second kappa shape index (κ2) is 16.7. The van der Waals surface area contributed by atoms with Gasteiger partial charge >= 0.3 is 0 Å². The van der Waals surface area contributed by atoms with Gasteiger partial charge in [0.1, 0.15) is 0 Å². The zero-order valence-corrected chi connectivity index (χ0v) is 40.5. The quantitative estimate of drug-likeness (QED) is 0.147. The van der Waals surface area contributed by atoms with Crippen molar-refractivity contribution >= 4 is 0 Å². The summed E-state index contributed by atoms with van der Waals surface area (Å²) in [5.41, 5.74) is 0.0861. The van der Waals surface area contributed by atoms with E-state index in [2.05, 4.69) is 41.5 Å². The van der Waals surface area contributed by atoms with Crippen molar-refractivity contribution in [2.75, 3.05) is 0 Å². The molecule has 12 unspecified atom stereocenters. The maximum atomic E-state index is 11.1. The second-order valence-corrected chi connectivity index (χ2v) is 26.5. The minimum atomic E-state index is -0.583. The Bertz CT molecular complexity index is 1410. The van der Waals surface area contributed by atoms with Crippen LogP contribution in [0.1, 0.15) is 210 Å². The van der Waals surface area contributed by atoms with Crippen LogP contribution >= 0.6 is 0 Å². The van der Waals surface area contributed by atoms with Crippen molar-refractivity contribution in [2.45, 2.75) is 246 Å². The lowest BCUT2D eigenvalue weighted by atomic mass is 9.43. The first-order chi connectivity index (χ1) is 28.1. The lowest BCUT2D eigenvalue weighted by molar-refractivity contribution is -0.142. The number of azo groups is 1. The zero-order valence-electron chi connectivity index (χ0n) is 40.5. The van der Waals surface area contributed by atoms with Gasteiger partial charge in [0.25, 0.3) is 0 Å². The van der Waals surface area contributed by atoms with E-state index >= 15 is 0 Å². The molecular weight excluding hydrogens is 741 g/mol. The molecule has 60 heavy (non-hydrogen) atoms. The highest BCUT2D eigenvalue weighted by atomic mass is 16.3. The highest BCUT2D eigenvalue weighted by molar-refractivity contribution is 5.15. The normalized spacial score (nSPS) is 50.2. The summed E-state index contributed by atoms with van der Waals surface area (Å²) in [5.74, 6) is 7.74. The van der Waals surface area contributed by atoms with E-state index in [0.717, 1.165) is 88.9 Å². The lowest BCUT2D eigenvalue weighted by Crippen LogP contribution is -2.59. The lowest BCUT2D eigenvalue weighted by Gasteiger charge is -2.63. The first-order valence-electron chi connectivity index (χ1n) is 26.3. The van der Waals surface area contributed by atoms with Crippen molar-refractivity contribution in [3.8, 4) is 0 Å². The molecule has 0 radical (unpaired) electrons. The van der Waals surface area contributed by atoms with Gasteiger partial charge in [-0.3, -0.25) is 0 Å². The SMILES string of the molecule is C[C@H](CCCC(C)(C)O)[C@H]1CCC2C3C(N=NC4CC5CC(O)CC[C@]5(C)C5CC[C@@]6(C)C(CC[C@@H]6[C@H](C)CCCC(C)(C)O)C45)CC4CC(O)CC[C@]4(C)C3CC[C@@]21C. The third-order valence-corrected chi connectivity index (χ3v) is 22.1. The van der Waals surface area contributed by atoms with Crippen LogP contribution in [0.15, 0.2) is 10.2 Å². The summed E-state index contributed by atoms with van der Waals surface area (Å²) in [4.78, 5) is 0. The van der Waals surface area contributed by atoms with Crippen LogP contribution in [0.2, 0.25) is 0 Å². The fraction of sp³-hybridized carbons (Fsp3) is 1.00. The van der Waals surface area contributed by atoms with E-state index in [4.69, 9.17) is 10.2 Å². The van der Waals surface area contributed by atoms with E-state index in [1.54, 1.807) is 0 Å². The average molecular weight is 835 g/mol. The third-order valence-electron chi connectivity index (χ3n) is 22.1. The molecule has 0 heterocycles. The van der Waals surface area contributed by atoms with E-state index in [-0.39, 0.29) is 35.1 Å². The predicted octanol–water partition coefficient (Wildman–Crippen LogP) is 12.6. The van der Waals surface area contributed by atoms with E-state index in [1.807, 2.05) is 27.7 Å². The Morgan fingerprint density at radius 3 is 1.22 bits per heavy atom. The standard InChI is InChI=1S/C54H94N2O4/c1-33(13-11-23-49(3,4)59)39-15-17-41-47-43(21-27-53(39,41)9)51(7)25-19-37(57)29-35(51)31-45(47)55-56-46-32-36-30-38(58)20-26-52(36,8)44-22-28-54(10)40(16-18-42(54)48(44)46)34(2)14-12-24-50(5,6)60/h33-48,57-60H,11-32H2,1-10H3/t33-,34-,35?,36?,37?,38?,39-,40-,41?,42?,43?,44?,45?,46?,47?,48?,51+,52+,53-,54-/m1/s1. The van der Waals surface area contributed by atoms with Crippen LogP contribution in [0.3, 0.4) is 0 Å². The van der Waals surface area contributed by atoms with Gasteiger partial charge in [-0.05, 0) is 236 Å². The van der Waals surface area contributed by atoms with Crippen molar-refractivity contribution < 1.29 is 20.4 Å². The molecule has 8 aliphatic carbocycles. The van der Waals surface area contributed by atoms with Crippen LogP contribution in [0.25, 0.3) is 0 Å². The number of hydrogen-bond donors (Lipinski definition) is 4. The molecule has 0 aromatic carbocycles. The molecular formula is C54H94N2O4. The third kappa shape index (κ3) is 8.30. The largest absolute Gasteiger partial charge is 0.393 e. The highest BCUT2D eigenvalue weighted by Crippen LogP contribution is 2.71. The van der Waals surface area contributed by atoms with Gasteiger partial charge in [-0.2, -0.15) is 10.2 Å². The van der Waals surface area contributed by atoms with E-state index in [0.29, 0.717) is 70.0 Å². The fourth-order valence-corrected chi connectivity index (χ4v) is 18.9. The van der Waals surface area contributed by atoms with Gasteiger partial charge in [-0.25, -0.2) is 0 Å². The average Bonchev–Trinajstić information content (AvgIpc) is 3.70. The molecule has 0 aliphatic heterocycles. The molecule has 0 amide bonds. The molecule has 0 saturated heterocycles. The van der Waals surface area contributed by atoms with E-state index in [1.165, 1.54) is 64.2 Å². The molecule has 8 rings (SSSR count). The van der Waals surface area contributed by atoms with Gasteiger partial charge in [0.05, 0.1) is 35.5 Å². The Morgan fingerprint density at radius 2 is 0.850 bits per heavy atom. The number of hydrogen-bond acceptors (Lipinski definition) is 6. The maximum Gasteiger partial charge on any atom is 0.0745 e. The Kier molecular flexibility index (Phi) is 12.8. The molecule has 8 fully saturated rings. The zero-order chi connectivity index (χ0) is 43.2. The first kappa shape index (κ1) is 46.0. The number of fused-ring (bicyclic) bond motifs is 10. The van der Waals surface area contributed by atoms with Crippen LogP contribution < -0.4 is 0 Å². The summed E-state index contributed by atoms with van der Waals surface area (Å²) in [6.07, 6.45) is 25.0. The van der Waals surface area contributed by atoms with Crippen molar-refractivity contribution in [3.05, 3.63) is 0 Å². The van der Waals surface area contributed by atoms with Gasteiger partial charge in [0.15, 0.2) is 0 Å². The predicted molar refractivity (Wildman–Crippen MR) is 244 cm³/mol. The Morgan fingerprint density at radius 1 is 0.500 bits per heavy atom. The minimum absolute atomic E-state index is 0.172. The topological polar surface area (TPSA) is 106 Å². The summed E-state index contributed by atoms with van der Waals surface area (Å²) in [5, 5.41) is 54.9. The Hall–Kier alpha value is -0.560. The van der Waals surface area contributed by atoms with Crippen molar-refractivity contribution in [1.82, 2.24) is 0 Å². The summed E-state index contributed by atoms with van der Waals surface area (Å²) in [7, 11) is 0. The number of nitrogens with zero attached hydrogens (tertiary/aromatic N) is 2. The molecule has 0 aromatic heterocycles. The first-order valence-corrected chi connectivity index (χ1v) is 26.3. The molecule has 6 heteroatoms. The van der Waals surface area contributed by atoms with Crippen LogP contribution in [-0.4, -0.2) is 55.9 Å². The summed E-state index contributed by atoms with van der Waals surface area (Å²) in [6.45, 7) is 23.6. The molecule has 0 bridgehead atoms. The molecule has 0 aromatic rings. The van der Waals surface area contributed by atoms with Gasteiger partial charge in [-0.15, -0.1) is 0 Å². The summed E-state index contributed by atoms with van der Waals surface area (Å²) < 4.78 is 0. The minimum Gasteiger partial charge on any atom is -0.393 e. The number of aliphatic hydroxyl groups excluding tert-OH is 2. The van der Waals surface area contributed by atoms with E-state index in [9.17, 15) is 20.4 Å². The van der Waals surface area contributed by atoms with Crippen LogP contribution in [0.5, 0.6) is 0 Å². The smallest absolute Gasteiger partial charge is 0.0745 e. The van der Waals surface area contributed by atoms with Gasteiger partial charge in [0.2, 0.25) is 0 Å². The second-order valence-electron chi connectivity index (χ2n) is 26.5. The van der Waals surface area contributed by atoms with Gasteiger partial charge in [0, 0.05) is 0 Å². The van der Waals surface area contributed by atoms with Crippen LogP contribution in [0.4, 0.5) is 0 Å². The Balaban J connectivity index is 1.09. The molecule has 6 nitrogen and oxygen atoms in total. The highest BCUT2D eigenvalue weighted by Gasteiger charge is 2.65. The molecule has 20 atom stereocenters. The van der Waals surface area contributed by atoms with Crippen LogP contribution in [-0.2, 0) is 0 Å². The van der Waals surface area contributed by atoms with E-state index < -0.39 is 11.2 Å². The molecule has 4 N–H and O–H groups in total. The van der Waals surface area contributed by atoms with Crippen molar-refractivity contribution in [3.63, 3.8) is 0 Å². The van der Waals surface area contributed by atoms with Crippen molar-refractivity contribution in [1.29, 1.82) is 0 Å². The van der Waals surface area contributed by atoms with Crippen molar-refractivity contribution in [2.24, 2.45) is 103 Å². The maximum absolute atomic E-state index is 11.1. The summed E-state index contributed by atoms with van der Waals surface area (Å²) >= 11 is 0. The van der Waals surface area contributed by atoms with Gasteiger partial charge < -0.3 is 20.4 Å². The number of rotatable bonds is 12. The molecule has 0 spiro atoms. The molecule has 8 saturated carbocycles. The molecule has 8 aliphatic rings.